The van der Waals surface area contributed by atoms with E-state index < -0.39 is 0 Å². The van der Waals surface area contributed by atoms with Gasteiger partial charge in [0.1, 0.15) is 11.6 Å². The Balaban J connectivity index is 2.02. The number of hydrogen-bond acceptors (Lipinski definition) is 2. The fourth-order valence-corrected chi connectivity index (χ4v) is 2.36. The maximum Gasteiger partial charge on any atom is 0.121 e. The van der Waals surface area contributed by atoms with Crippen molar-refractivity contribution in [2.24, 2.45) is 4.99 Å². The minimum atomic E-state index is 0.347. The van der Waals surface area contributed by atoms with Crippen molar-refractivity contribution in [3.05, 3.63) is 64.7 Å². The zero-order chi connectivity index (χ0) is 15.9. The summed E-state index contributed by atoms with van der Waals surface area (Å²) in [5.41, 5.74) is 2.81. The van der Waals surface area contributed by atoms with Crippen LogP contribution >= 0.6 is 11.6 Å². The van der Waals surface area contributed by atoms with Crippen LogP contribution in [0.2, 0.25) is 5.02 Å². The molecule has 0 radical (unpaired) electrons. The molecule has 0 aliphatic heterocycles. The number of aryl methyl sites for hydroxylation is 1. The number of methoxy groups -OCH3 is 1. The normalized spacial score (nSPS) is 11.3. The summed E-state index contributed by atoms with van der Waals surface area (Å²) >= 11 is 6.12. The second-order valence-corrected chi connectivity index (χ2v) is 5.37. The van der Waals surface area contributed by atoms with Crippen molar-refractivity contribution in [3.8, 4) is 5.75 Å². The SMILES string of the molecule is COc1cccc(C(C)=NC(=N)CCc2ccccc2Cl)c1. The molecule has 114 valence electrons. The molecule has 0 saturated carbocycles. The Morgan fingerprint density at radius 3 is 2.68 bits per heavy atom. The van der Waals surface area contributed by atoms with E-state index in [0.29, 0.717) is 18.7 Å². The van der Waals surface area contributed by atoms with Gasteiger partial charge in [0.2, 0.25) is 0 Å². The average molecular weight is 315 g/mol. The molecule has 0 fully saturated rings. The molecular formula is C18H19ClN2O. The quantitative estimate of drug-likeness (QED) is 0.627. The van der Waals surface area contributed by atoms with Crippen LogP contribution in [0.25, 0.3) is 0 Å². The highest BCUT2D eigenvalue weighted by molar-refractivity contribution is 6.31. The molecule has 0 saturated heterocycles. The Bertz CT molecular complexity index is 695. The molecule has 0 aliphatic carbocycles. The third kappa shape index (κ3) is 4.43. The van der Waals surface area contributed by atoms with Crippen molar-refractivity contribution in [1.82, 2.24) is 0 Å². The maximum absolute atomic E-state index is 8.02. The van der Waals surface area contributed by atoms with Gasteiger partial charge >= 0.3 is 0 Å². The van der Waals surface area contributed by atoms with Gasteiger partial charge in [-0.15, -0.1) is 0 Å². The summed E-state index contributed by atoms with van der Waals surface area (Å²) in [7, 11) is 1.64. The van der Waals surface area contributed by atoms with E-state index in [4.69, 9.17) is 21.7 Å². The topological polar surface area (TPSA) is 45.4 Å². The first-order valence-corrected chi connectivity index (χ1v) is 7.48. The Hall–Kier alpha value is -2.13. The molecule has 2 rings (SSSR count). The van der Waals surface area contributed by atoms with E-state index in [9.17, 15) is 0 Å². The molecule has 0 atom stereocenters. The van der Waals surface area contributed by atoms with Gasteiger partial charge < -0.3 is 4.74 Å². The lowest BCUT2D eigenvalue weighted by Gasteiger charge is -2.06. The van der Waals surface area contributed by atoms with Crippen molar-refractivity contribution in [2.75, 3.05) is 7.11 Å². The van der Waals surface area contributed by atoms with E-state index in [1.165, 1.54) is 0 Å². The van der Waals surface area contributed by atoms with Crippen LogP contribution < -0.4 is 4.74 Å². The molecule has 3 nitrogen and oxygen atoms in total. The molecule has 0 bridgehead atoms. The van der Waals surface area contributed by atoms with Crippen LogP contribution in [0.4, 0.5) is 0 Å². The highest BCUT2D eigenvalue weighted by Crippen LogP contribution is 2.17. The van der Waals surface area contributed by atoms with Gasteiger partial charge in [-0.05, 0) is 42.7 Å². The van der Waals surface area contributed by atoms with Crippen LogP contribution in [0.5, 0.6) is 5.75 Å². The van der Waals surface area contributed by atoms with Crippen LogP contribution in [0, 0.1) is 5.41 Å². The number of benzene rings is 2. The van der Waals surface area contributed by atoms with Gasteiger partial charge in [-0.25, -0.2) is 4.99 Å². The fraction of sp³-hybridized carbons (Fsp3) is 0.222. The number of nitrogens with one attached hydrogen (secondary N) is 1. The van der Waals surface area contributed by atoms with Crippen LogP contribution in [-0.2, 0) is 6.42 Å². The van der Waals surface area contributed by atoms with Gasteiger partial charge in [0.05, 0.1) is 7.11 Å². The zero-order valence-electron chi connectivity index (χ0n) is 12.8. The minimum absolute atomic E-state index is 0.347. The Morgan fingerprint density at radius 1 is 1.18 bits per heavy atom. The van der Waals surface area contributed by atoms with Crippen LogP contribution in [0.3, 0.4) is 0 Å². The van der Waals surface area contributed by atoms with Crippen molar-refractivity contribution in [1.29, 1.82) is 5.41 Å². The third-order valence-electron chi connectivity index (χ3n) is 3.38. The highest BCUT2D eigenvalue weighted by atomic mass is 35.5. The first-order valence-electron chi connectivity index (χ1n) is 7.10. The number of nitrogens with zero attached hydrogens (tertiary/aromatic N) is 1. The summed E-state index contributed by atoms with van der Waals surface area (Å²) in [5.74, 6) is 1.13. The van der Waals surface area contributed by atoms with Gasteiger partial charge in [-0.1, -0.05) is 41.9 Å². The Kier molecular flexibility index (Phi) is 5.73. The lowest BCUT2D eigenvalue weighted by molar-refractivity contribution is 0.414. The summed E-state index contributed by atoms with van der Waals surface area (Å²) in [5, 5.41) is 8.76. The Labute approximate surface area is 136 Å². The van der Waals surface area contributed by atoms with Crippen LogP contribution in [0.15, 0.2) is 53.5 Å². The molecule has 0 heterocycles. The molecule has 0 amide bonds. The number of amidine groups is 1. The minimum Gasteiger partial charge on any atom is -0.497 e. The standard InChI is InChI=1S/C18H19ClN2O/c1-13(15-7-5-8-16(12-15)22-2)21-18(20)11-10-14-6-3-4-9-17(14)19/h3-9,12,20H,10-11H2,1-2H3. The summed E-state index contributed by atoms with van der Waals surface area (Å²) in [4.78, 5) is 4.37. The van der Waals surface area contributed by atoms with Crippen molar-refractivity contribution in [2.45, 2.75) is 19.8 Å². The third-order valence-corrected chi connectivity index (χ3v) is 3.75. The van der Waals surface area contributed by atoms with E-state index in [1.54, 1.807) is 7.11 Å². The van der Waals surface area contributed by atoms with Crippen molar-refractivity contribution < 1.29 is 4.74 Å². The first kappa shape index (κ1) is 16.2. The molecule has 0 unspecified atom stereocenters. The smallest absolute Gasteiger partial charge is 0.121 e. The fourth-order valence-electron chi connectivity index (χ4n) is 2.13. The van der Waals surface area contributed by atoms with E-state index >= 15 is 0 Å². The second kappa shape index (κ2) is 7.76. The number of ether oxygens (including phenoxy) is 1. The van der Waals surface area contributed by atoms with Crippen LogP contribution in [0.1, 0.15) is 24.5 Å². The van der Waals surface area contributed by atoms with Gasteiger partial charge in [-0.3, -0.25) is 5.41 Å². The lowest BCUT2D eigenvalue weighted by atomic mass is 10.1. The molecule has 0 aromatic heterocycles. The summed E-state index contributed by atoms with van der Waals surface area (Å²) in [6.07, 6.45) is 1.28. The summed E-state index contributed by atoms with van der Waals surface area (Å²) < 4.78 is 5.21. The van der Waals surface area contributed by atoms with E-state index in [2.05, 4.69) is 4.99 Å². The summed E-state index contributed by atoms with van der Waals surface area (Å²) in [6.45, 7) is 1.90. The monoisotopic (exact) mass is 314 g/mol. The van der Waals surface area contributed by atoms with Gasteiger partial charge in [-0.2, -0.15) is 0 Å². The largest absolute Gasteiger partial charge is 0.497 e. The molecule has 22 heavy (non-hydrogen) atoms. The average Bonchev–Trinajstić information content (AvgIpc) is 2.54. The molecule has 0 spiro atoms. The molecule has 4 heteroatoms. The number of rotatable bonds is 5. The van der Waals surface area contributed by atoms with E-state index in [1.807, 2.05) is 55.5 Å². The predicted octanol–water partition coefficient (Wildman–Crippen LogP) is 4.77. The number of aliphatic imine (C=N–C) groups is 1. The second-order valence-electron chi connectivity index (χ2n) is 4.97. The van der Waals surface area contributed by atoms with Crippen molar-refractivity contribution in [3.63, 3.8) is 0 Å². The van der Waals surface area contributed by atoms with Gasteiger partial charge in [0.25, 0.3) is 0 Å². The maximum atomic E-state index is 8.02. The lowest BCUT2D eigenvalue weighted by Crippen LogP contribution is -2.02. The zero-order valence-corrected chi connectivity index (χ0v) is 13.5. The van der Waals surface area contributed by atoms with Gasteiger partial charge in [0.15, 0.2) is 0 Å². The number of hydrogen-bond donors (Lipinski definition) is 1. The molecule has 2 aromatic carbocycles. The highest BCUT2D eigenvalue weighted by Gasteiger charge is 2.04. The van der Waals surface area contributed by atoms with E-state index in [0.717, 1.165) is 27.6 Å². The predicted molar refractivity (Wildman–Crippen MR) is 92.7 cm³/mol. The summed E-state index contributed by atoms with van der Waals surface area (Å²) in [6, 6.07) is 15.4. The molecule has 2 aromatic rings. The van der Waals surface area contributed by atoms with Crippen molar-refractivity contribution >= 4 is 23.1 Å². The van der Waals surface area contributed by atoms with Gasteiger partial charge in [0, 0.05) is 17.2 Å². The molecular weight excluding hydrogens is 296 g/mol. The Morgan fingerprint density at radius 2 is 1.95 bits per heavy atom. The molecule has 1 N–H and O–H groups in total. The van der Waals surface area contributed by atoms with E-state index in [-0.39, 0.29) is 0 Å². The van der Waals surface area contributed by atoms with Crippen LogP contribution in [-0.4, -0.2) is 18.7 Å². The number of halogens is 1. The first-order chi connectivity index (χ1) is 10.6. The molecule has 0 aliphatic rings.